The van der Waals surface area contributed by atoms with E-state index in [4.69, 9.17) is 11.6 Å². The first-order chi connectivity index (χ1) is 6.43. The first-order valence-electron chi connectivity index (χ1n) is 3.79. The molecule has 0 aliphatic heterocycles. The highest BCUT2D eigenvalue weighted by molar-refractivity contribution is 7.88. The lowest BCUT2D eigenvalue weighted by atomic mass is 10.2. The summed E-state index contributed by atoms with van der Waals surface area (Å²) in [4.78, 5) is 0. The third kappa shape index (κ3) is 3.25. The van der Waals surface area contributed by atoms with Gasteiger partial charge in [0.05, 0.1) is 5.75 Å². The van der Waals surface area contributed by atoms with Crippen LogP contribution < -0.4 is 4.72 Å². The standard InChI is InChI=1S/C8H9ClFNO2S/c1-11-14(12,13)5-6-2-7(9)4-8(10)3-6/h2-4,11H,5H2,1H3. The lowest BCUT2D eigenvalue weighted by Crippen LogP contribution is -2.20. The van der Waals surface area contributed by atoms with Crippen molar-refractivity contribution in [3.05, 3.63) is 34.6 Å². The molecule has 0 unspecified atom stereocenters. The molecule has 0 amide bonds. The maximum atomic E-state index is 12.8. The van der Waals surface area contributed by atoms with Gasteiger partial charge in [0.25, 0.3) is 0 Å². The quantitative estimate of drug-likeness (QED) is 0.867. The number of rotatable bonds is 3. The zero-order valence-corrected chi connectivity index (χ0v) is 8.99. The fourth-order valence-corrected chi connectivity index (χ4v) is 1.98. The Balaban J connectivity index is 2.98. The molecule has 0 bridgehead atoms. The van der Waals surface area contributed by atoms with Crippen molar-refractivity contribution < 1.29 is 12.8 Å². The van der Waals surface area contributed by atoms with E-state index in [9.17, 15) is 12.8 Å². The fraction of sp³-hybridized carbons (Fsp3) is 0.250. The number of halogens is 2. The molecule has 14 heavy (non-hydrogen) atoms. The Kier molecular flexibility index (Phi) is 3.47. The SMILES string of the molecule is CNS(=O)(=O)Cc1cc(F)cc(Cl)c1. The molecule has 0 spiro atoms. The summed E-state index contributed by atoms with van der Waals surface area (Å²) in [5.41, 5.74) is 0.323. The van der Waals surface area contributed by atoms with E-state index in [1.54, 1.807) is 0 Å². The number of nitrogens with one attached hydrogen (secondary N) is 1. The van der Waals surface area contributed by atoms with Gasteiger partial charge in [-0.1, -0.05) is 11.6 Å². The Labute approximate surface area is 86.9 Å². The van der Waals surface area contributed by atoms with E-state index in [-0.39, 0.29) is 10.8 Å². The van der Waals surface area contributed by atoms with Crippen molar-refractivity contribution in [2.45, 2.75) is 5.75 Å². The van der Waals surface area contributed by atoms with Crippen LogP contribution in [0, 0.1) is 5.82 Å². The summed E-state index contributed by atoms with van der Waals surface area (Å²) >= 11 is 5.57. The first kappa shape index (κ1) is 11.4. The maximum Gasteiger partial charge on any atom is 0.215 e. The van der Waals surface area contributed by atoms with E-state index in [0.29, 0.717) is 5.56 Å². The third-order valence-corrected chi connectivity index (χ3v) is 3.14. The van der Waals surface area contributed by atoms with Gasteiger partial charge in [-0.25, -0.2) is 17.5 Å². The maximum absolute atomic E-state index is 12.8. The van der Waals surface area contributed by atoms with Crippen LogP contribution in [-0.4, -0.2) is 15.5 Å². The predicted octanol–water partition coefficient (Wildman–Crippen LogP) is 1.53. The van der Waals surface area contributed by atoms with Gasteiger partial charge < -0.3 is 0 Å². The van der Waals surface area contributed by atoms with Crippen LogP contribution in [0.5, 0.6) is 0 Å². The molecule has 1 aromatic carbocycles. The highest BCUT2D eigenvalue weighted by Crippen LogP contribution is 2.15. The Morgan fingerprint density at radius 1 is 1.43 bits per heavy atom. The Bertz CT molecular complexity index is 413. The number of benzene rings is 1. The molecule has 1 N–H and O–H groups in total. The van der Waals surface area contributed by atoms with Crippen molar-refractivity contribution in [1.82, 2.24) is 4.72 Å². The molecule has 0 saturated heterocycles. The van der Waals surface area contributed by atoms with E-state index in [2.05, 4.69) is 4.72 Å². The number of hydrogen-bond donors (Lipinski definition) is 1. The highest BCUT2D eigenvalue weighted by Gasteiger charge is 2.09. The second kappa shape index (κ2) is 4.25. The summed E-state index contributed by atoms with van der Waals surface area (Å²) in [7, 11) is -2.08. The molecule has 0 fully saturated rings. The van der Waals surface area contributed by atoms with E-state index < -0.39 is 15.8 Å². The molecular formula is C8H9ClFNO2S. The van der Waals surface area contributed by atoms with Gasteiger partial charge in [0, 0.05) is 5.02 Å². The van der Waals surface area contributed by atoms with E-state index in [0.717, 1.165) is 12.1 Å². The van der Waals surface area contributed by atoms with E-state index in [1.165, 1.54) is 13.1 Å². The lowest BCUT2D eigenvalue weighted by molar-refractivity contribution is 0.587. The molecular weight excluding hydrogens is 229 g/mol. The predicted molar refractivity (Wildman–Crippen MR) is 53.1 cm³/mol. The van der Waals surface area contributed by atoms with Crippen LogP contribution in [0.1, 0.15) is 5.56 Å². The fourth-order valence-electron chi connectivity index (χ4n) is 0.986. The molecule has 1 aromatic rings. The van der Waals surface area contributed by atoms with Crippen molar-refractivity contribution >= 4 is 21.6 Å². The average molecular weight is 238 g/mol. The van der Waals surface area contributed by atoms with Crippen molar-refractivity contribution in [1.29, 1.82) is 0 Å². The van der Waals surface area contributed by atoms with Crippen molar-refractivity contribution in [2.24, 2.45) is 0 Å². The molecule has 0 saturated carbocycles. The Morgan fingerprint density at radius 2 is 2.07 bits per heavy atom. The molecule has 0 heterocycles. The summed E-state index contributed by atoms with van der Waals surface area (Å²) in [5, 5.41) is 0.186. The van der Waals surface area contributed by atoms with Gasteiger partial charge in [-0.05, 0) is 30.8 Å². The zero-order chi connectivity index (χ0) is 10.8. The Hall–Kier alpha value is -0.650. The van der Waals surface area contributed by atoms with Crippen LogP contribution >= 0.6 is 11.6 Å². The van der Waals surface area contributed by atoms with Crippen molar-refractivity contribution in [3.8, 4) is 0 Å². The smallest absolute Gasteiger partial charge is 0.215 e. The van der Waals surface area contributed by atoms with Gasteiger partial charge in [0.15, 0.2) is 0 Å². The lowest BCUT2D eigenvalue weighted by Gasteiger charge is -2.03. The van der Waals surface area contributed by atoms with Crippen molar-refractivity contribution in [3.63, 3.8) is 0 Å². The second-order valence-electron chi connectivity index (χ2n) is 2.74. The first-order valence-corrected chi connectivity index (χ1v) is 5.82. The van der Waals surface area contributed by atoms with Crippen LogP contribution in [0.3, 0.4) is 0 Å². The summed E-state index contributed by atoms with van der Waals surface area (Å²) in [6.45, 7) is 0. The van der Waals surface area contributed by atoms with Gasteiger partial charge in [0.2, 0.25) is 10.0 Å². The normalized spacial score (nSPS) is 11.6. The van der Waals surface area contributed by atoms with Gasteiger partial charge in [-0.2, -0.15) is 0 Å². The molecule has 3 nitrogen and oxygen atoms in total. The van der Waals surface area contributed by atoms with E-state index in [1.807, 2.05) is 0 Å². The molecule has 78 valence electrons. The number of sulfonamides is 1. The molecule has 0 radical (unpaired) electrons. The number of hydrogen-bond acceptors (Lipinski definition) is 2. The minimum Gasteiger partial charge on any atom is -0.218 e. The average Bonchev–Trinajstić information content (AvgIpc) is 2.01. The van der Waals surface area contributed by atoms with Crippen molar-refractivity contribution in [2.75, 3.05) is 7.05 Å². The monoisotopic (exact) mass is 237 g/mol. The van der Waals surface area contributed by atoms with Crippen LogP contribution in [0.25, 0.3) is 0 Å². The molecule has 1 rings (SSSR count). The summed E-state index contributed by atoms with van der Waals surface area (Å²) < 4.78 is 37.2. The molecule has 0 aliphatic rings. The van der Waals surface area contributed by atoms with E-state index >= 15 is 0 Å². The largest absolute Gasteiger partial charge is 0.218 e. The second-order valence-corrected chi connectivity index (χ2v) is 5.10. The molecule has 0 atom stereocenters. The van der Waals surface area contributed by atoms with Crippen LogP contribution in [0.2, 0.25) is 5.02 Å². The van der Waals surface area contributed by atoms with Crippen LogP contribution in [-0.2, 0) is 15.8 Å². The third-order valence-electron chi connectivity index (χ3n) is 1.59. The van der Waals surface area contributed by atoms with Gasteiger partial charge in [0.1, 0.15) is 5.82 Å². The topological polar surface area (TPSA) is 46.2 Å². The minimum absolute atomic E-state index is 0.186. The van der Waals surface area contributed by atoms with Gasteiger partial charge >= 0.3 is 0 Å². The summed E-state index contributed by atoms with van der Waals surface area (Å²) in [6, 6.07) is 3.68. The van der Waals surface area contributed by atoms with Gasteiger partial charge in [-0.15, -0.1) is 0 Å². The summed E-state index contributed by atoms with van der Waals surface area (Å²) in [5.74, 6) is -0.820. The molecule has 0 aliphatic carbocycles. The summed E-state index contributed by atoms with van der Waals surface area (Å²) in [6.07, 6.45) is 0. The highest BCUT2D eigenvalue weighted by atomic mass is 35.5. The zero-order valence-electron chi connectivity index (χ0n) is 7.42. The molecule has 0 aromatic heterocycles. The Morgan fingerprint density at radius 3 is 2.57 bits per heavy atom. The molecule has 6 heteroatoms. The van der Waals surface area contributed by atoms with Crippen LogP contribution in [0.4, 0.5) is 4.39 Å². The minimum atomic E-state index is -3.38. The van der Waals surface area contributed by atoms with Crippen LogP contribution in [0.15, 0.2) is 18.2 Å². The van der Waals surface area contributed by atoms with Gasteiger partial charge in [-0.3, -0.25) is 0 Å².